The van der Waals surface area contributed by atoms with Crippen molar-refractivity contribution in [3.63, 3.8) is 0 Å². The normalized spacial score (nSPS) is 18.8. The molecule has 2 rings (SSSR count). The lowest BCUT2D eigenvalue weighted by Crippen LogP contribution is -2.20. The highest BCUT2D eigenvalue weighted by molar-refractivity contribution is 6.00. The van der Waals surface area contributed by atoms with Gasteiger partial charge in [0.15, 0.2) is 0 Å². The summed E-state index contributed by atoms with van der Waals surface area (Å²) in [5, 5.41) is 1.98. The number of alkyl carbamates (subject to hydrolysis) is 1. The molecule has 0 spiro atoms. The number of hydrogen-bond donors (Lipinski definition) is 1. The Bertz CT molecular complexity index is 475. The topological polar surface area (TPSA) is 64.6 Å². The molecule has 1 N–H and O–H groups in total. The summed E-state index contributed by atoms with van der Waals surface area (Å²) in [4.78, 5) is 22.3. The minimum atomic E-state index is -1.15. The van der Waals surface area contributed by atoms with E-state index in [9.17, 15) is 14.0 Å². The molecule has 0 unspecified atom stereocenters. The standard InChI is InChI=1S/C11H10FNO4/c1-2-16-8-4-3-6(12)5-7(8)9-10(14)13-11(15)17-9/h3-5,9H,2H2,1H3,(H,13,14,15)/t9-/m0/s1. The number of cyclic esters (lactones) is 1. The molecule has 1 aromatic carbocycles. The number of carbonyl (C=O) groups excluding carboxylic acids is 2. The first-order chi connectivity index (χ1) is 8.11. The lowest BCUT2D eigenvalue weighted by Gasteiger charge is -2.12. The van der Waals surface area contributed by atoms with Crippen molar-refractivity contribution in [2.75, 3.05) is 6.61 Å². The maximum absolute atomic E-state index is 13.1. The molecular formula is C11H10FNO4. The third-order valence-corrected chi connectivity index (χ3v) is 2.24. The second-order valence-electron chi connectivity index (χ2n) is 3.39. The van der Waals surface area contributed by atoms with Gasteiger partial charge >= 0.3 is 6.09 Å². The van der Waals surface area contributed by atoms with Crippen LogP contribution in [0.4, 0.5) is 9.18 Å². The first-order valence-electron chi connectivity index (χ1n) is 5.05. The van der Waals surface area contributed by atoms with Crippen LogP contribution in [0.25, 0.3) is 0 Å². The van der Waals surface area contributed by atoms with E-state index >= 15 is 0 Å². The summed E-state index contributed by atoms with van der Waals surface area (Å²) in [6.45, 7) is 2.12. The van der Waals surface area contributed by atoms with E-state index in [0.29, 0.717) is 12.4 Å². The van der Waals surface area contributed by atoms with Gasteiger partial charge in [0.2, 0.25) is 6.10 Å². The molecule has 0 radical (unpaired) electrons. The van der Waals surface area contributed by atoms with Crippen molar-refractivity contribution in [2.24, 2.45) is 0 Å². The fourth-order valence-electron chi connectivity index (χ4n) is 1.57. The maximum Gasteiger partial charge on any atom is 0.415 e. The zero-order chi connectivity index (χ0) is 12.4. The van der Waals surface area contributed by atoms with Crippen LogP contribution in [-0.4, -0.2) is 18.6 Å². The lowest BCUT2D eigenvalue weighted by molar-refractivity contribution is -0.123. The number of ether oxygens (including phenoxy) is 2. The molecule has 1 saturated heterocycles. The highest BCUT2D eigenvalue weighted by Crippen LogP contribution is 2.31. The zero-order valence-electron chi connectivity index (χ0n) is 9.03. The second-order valence-corrected chi connectivity index (χ2v) is 3.39. The number of benzene rings is 1. The molecule has 6 heteroatoms. The molecule has 5 nitrogen and oxygen atoms in total. The van der Waals surface area contributed by atoms with Gasteiger partial charge in [0.1, 0.15) is 11.6 Å². The molecule has 1 heterocycles. The summed E-state index contributed by atoms with van der Waals surface area (Å²) in [5.74, 6) is -0.829. The molecule has 17 heavy (non-hydrogen) atoms. The van der Waals surface area contributed by atoms with E-state index in [-0.39, 0.29) is 5.56 Å². The van der Waals surface area contributed by atoms with Gasteiger partial charge in [0.05, 0.1) is 6.61 Å². The van der Waals surface area contributed by atoms with Crippen molar-refractivity contribution in [1.29, 1.82) is 0 Å². The van der Waals surface area contributed by atoms with Crippen LogP contribution >= 0.6 is 0 Å². The molecule has 1 aliphatic heterocycles. The zero-order valence-corrected chi connectivity index (χ0v) is 9.03. The Balaban J connectivity index is 2.39. The molecule has 1 aromatic rings. The highest BCUT2D eigenvalue weighted by atomic mass is 19.1. The van der Waals surface area contributed by atoms with Gasteiger partial charge in [-0.25, -0.2) is 9.18 Å². The van der Waals surface area contributed by atoms with E-state index < -0.39 is 23.9 Å². The van der Waals surface area contributed by atoms with Gasteiger partial charge in [0.25, 0.3) is 5.91 Å². The third-order valence-electron chi connectivity index (χ3n) is 2.24. The third kappa shape index (κ3) is 2.20. The molecule has 2 amide bonds. The summed E-state index contributed by atoms with van der Waals surface area (Å²) in [6.07, 6.45) is -1.99. The Hall–Kier alpha value is -2.11. The molecule has 1 aliphatic rings. The van der Waals surface area contributed by atoms with E-state index in [1.165, 1.54) is 12.1 Å². The summed E-state index contributed by atoms with van der Waals surface area (Å²) in [7, 11) is 0. The smallest absolute Gasteiger partial charge is 0.415 e. The number of rotatable bonds is 3. The SMILES string of the molecule is CCOc1ccc(F)cc1[C@@H]1OC(=O)NC1=O. The van der Waals surface area contributed by atoms with Crippen LogP contribution < -0.4 is 10.1 Å². The van der Waals surface area contributed by atoms with Gasteiger partial charge in [-0.3, -0.25) is 10.1 Å². The Morgan fingerprint density at radius 3 is 2.82 bits per heavy atom. The number of halogens is 1. The van der Waals surface area contributed by atoms with Gasteiger partial charge in [-0.15, -0.1) is 0 Å². The van der Waals surface area contributed by atoms with E-state index in [1.807, 2.05) is 5.32 Å². The van der Waals surface area contributed by atoms with E-state index in [4.69, 9.17) is 9.47 Å². The Morgan fingerprint density at radius 1 is 1.47 bits per heavy atom. The molecule has 0 aromatic heterocycles. The van der Waals surface area contributed by atoms with E-state index in [2.05, 4.69) is 0 Å². The first kappa shape index (κ1) is 11.4. The van der Waals surface area contributed by atoms with E-state index in [0.717, 1.165) is 6.07 Å². The fourth-order valence-corrected chi connectivity index (χ4v) is 1.57. The van der Waals surface area contributed by atoms with Crippen molar-refractivity contribution in [1.82, 2.24) is 5.32 Å². The molecule has 0 saturated carbocycles. The first-order valence-corrected chi connectivity index (χ1v) is 5.05. The van der Waals surface area contributed by atoms with Crippen LogP contribution in [0.15, 0.2) is 18.2 Å². The minimum absolute atomic E-state index is 0.204. The van der Waals surface area contributed by atoms with Gasteiger partial charge in [0, 0.05) is 5.56 Å². The summed E-state index contributed by atoms with van der Waals surface area (Å²) in [5.41, 5.74) is 0.204. The quantitative estimate of drug-likeness (QED) is 0.868. The Kier molecular flexibility index (Phi) is 2.95. The van der Waals surface area contributed by atoms with Crippen LogP contribution in [0.3, 0.4) is 0 Å². The number of amides is 2. The largest absolute Gasteiger partial charge is 0.493 e. The Morgan fingerprint density at radius 2 is 2.24 bits per heavy atom. The second kappa shape index (κ2) is 4.40. The number of nitrogens with one attached hydrogen (secondary N) is 1. The van der Waals surface area contributed by atoms with Crippen LogP contribution in [0.1, 0.15) is 18.6 Å². The van der Waals surface area contributed by atoms with Gasteiger partial charge in [-0.2, -0.15) is 0 Å². The van der Waals surface area contributed by atoms with Crippen LogP contribution in [0.2, 0.25) is 0 Å². The maximum atomic E-state index is 13.1. The highest BCUT2D eigenvalue weighted by Gasteiger charge is 2.35. The lowest BCUT2D eigenvalue weighted by atomic mass is 10.1. The molecule has 0 bridgehead atoms. The van der Waals surface area contributed by atoms with Gasteiger partial charge in [-0.1, -0.05) is 0 Å². The van der Waals surface area contributed by atoms with Crippen molar-refractivity contribution in [3.8, 4) is 5.75 Å². The number of hydrogen-bond acceptors (Lipinski definition) is 4. The molecule has 1 atom stereocenters. The summed E-state index contributed by atoms with van der Waals surface area (Å²) in [6, 6.07) is 3.73. The van der Waals surface area contributed by atoms with Crippen LogP contribution in [0.5, 0.6) is 5.75 Å². The average Bonchev–Trinajstić information content (AvgIpc) is 2.61. The molecule has 90 valence electrons. The molecule has 0 aliphatic carbocycles. The van der Waals surface area contributed by atoms with Crippen molar-refractivity contribution < 1.29 is 23.5 Å². The average molecular weight is 239 g/mol. The number of carbonyl (C=O) groups is 2. The Labute approximate surface area is 96.5 Å². The van der Waals surface area contributed by atoms with Crippen LogP contribution in [-0.2, 0) is 9.53 Å². The molecule has 1 fully saturated rings. The fraction of sp³-hybridized carbons (Fsp3) is 0.273. The van der Waals surface area contributed by atoms with Crippen LogP contribution in [0, 0.1) is 5.82 Å². The van der Waals surface area contributed by atoms with Crippen molar-refractivity contribution >= 4 is 12.0 Å². The predicted octanol–water partition coefficient (Wildman–Crippen LogP) is 1.53. The predicted molar refractivity (Wildman–Crippen MR) is 54.9 cm³/mol. The minimum Gasteiger partial charge on any atom is -0.493 e. The van der Waals surface area contributed by atoms with Gasteiger partial charge in [-0.05, 0) is 25.1 Å². The summed E-state index contributed by atoms with van der Waals surface area (Å²) >= 11 is 0. The monoisotopic (exact) mass is 239 g/mol. The van der Waals surface area contributed by atoms with E-state index in [1.54, 1.807) is 6.92 Å². The van der Waals surface area contributed by atoms with Crippen molar-refractivity contribution in [2.45, 2.75) is 13.0 Å². The number of imide groups is 1. The van der Waals surface area contributed by atoms with Crippen molar-refractivity contribution in [3.05, 3.63) is 29.6 Å². The van der Waals surface area contributed by atoms with Gasteiger partial charge < -0.3 is 9.47 Å². The molecular weight excluding hydrogens is 229 g/mol. The summed E-state index contributed by atoms with van der Waals surface area (Å²) < 4.78 is 23.1.